The smallest absolute Gasteiger partial charge is 0.172 e. The molecule has 0 aliphatic carbocycles. The zero-order valence-corrected chi connectivity index (χ0v) is 11.3. The van der Waals surface area contributed by atoms with E-state index in [2.05, 4.69) is 26.2 Å². The number of rotatable bonds is 6. The van der Waals surface area contributed by atoms with E-state index in [1.54, 1.807) is 20.4 Å². The number of nitrogens with one attached hydrogen (secondary N) is 1. The molecule has 0 bridgehead atoms. The molecule has 0 aromatic carbocycles. The molecule has 1 heterocycles. The maximum Gasteiger partial charge on any atom is 0.172 e. The number of hydrogen-bond acceptors (Lipinski definition) is 4. The van der Waals surface area contributed by atoms with Gasteiger partial charge in [0.15, 0.2) is 6.29 Å². The molecule has 0 spiro atoms. The van der Waals surface area contributed by atoms with E-state index in [0.717, 1.165) is 16.6 Å². The molecule has 0 saturated carbocycles. The van der Waals surface area contributed by atoms with Crippen LogP contribution in [0.1, 0.15) is 5.69 Å². The van der Waals surface area contributed by atoms with E-state index in [1.165, 1.54) is 0 Å². The number of hydrogen-bond donors (Lipinski definition) is 1. The number of ether oxygens (including phenoxy) is 2. The molecule has 1 aromatic heterocycles. The molecule has 1 N–H and O–H groups in total. The van der Waals surface area contributed by atoms with Crippen molar-refractivity contribution in [2.24, 2.45) is 0 Å². The average Bonchev–Trinajstić information content (AvgIpc) is 2.32. The lowest BCUT2D eigenvalue weighted by Gasteiger charge is -2.23. The Morgan fingerprint density at radius 3 is 2.50 bits per heavy atom. The van der Waals surface area contributed by atoms with Gasteiger partial charge in [0, 0.05) is 37.0 Å². The van der Waals surface area contributed by atoms with Crippen LogP contribution in [0.5, 0.6) is 0 Å². The van der Waals surface area contributed by atoms with Gasteiger partial charge < -0.3 is 14.8 Å². The average molecular weight is 289 g/mol. The summed E-state index contributed by atoms with van der Waals surface area (Å²) in [5, 5.41) is 3.17. The summed E-state index contributed by atoms with van der Waals surface area (Å²) in [4.78, 5) is 4.32. The van der Waals surface area contributed by atoms with Gasteiger partial charge in [-0.3, -0.25) is 4.98 Å². The van der Waals surface area contributed by atoms with Crippen LogP contribution in [0.15, 0.2) is 22.8 Å². The second-order valence-corrected chi connectivity index (χ2v) is 4.32. The van der Waals surface area contributed by atoms with Crippen molar-refractivity contribution in [2.45, 2.75) is 18.8 Å². The third-order valence-electron chi connectivity index (χ3n) is 2.38. The van der Waals surface area contributed by atoms with Gasteiger partial charge in [-0.2, -0.15) is 0 Å². The van der Waals surface area contributed by atoms with Gasteiger partial charge in [-0.05, 0) is 35.1 Å². The minimum absolute atomic E-state index is 0.0867. The highest BCUT2D eigenvalue weighted by atomic mass is 79.9. The van der Waals surface area contributed by atoms with Crippen molar-refractivity contribution >= 4 is 15.9 Å². The molecule has 16 heavy (non-hydrogen) atoms. The lowest BCUT2D eigenvalue weighted by atomic mass is 10.1. The van der Waals surface area contributed by atoms with Gasteiger partial charge in [-0.25, -0.2) is 0 Å². The normalized spacial score (nSPS) is 13.1. The quantitative estimate of drug-likeness (QED) is 0.808. The first-order valence-electron chi connectivity index (χ1n) is 5.04. The highest BCUT2D eigenvalue weighted by molar-refractivity contribution is 9.10. The Morgan fingerprint density at radius 2 is 2.06 bits per heavy atom. The largest absolute Gasteiger partial charge is 0.354 e. The summed E-state index contributed by atoms with van der Waals surface area (Å²) in [6, 6.07) is 4.05. The number of methoxy groups -OCH3 is 2. The standard InChI is InChI=1S/C11H17BrN2O2/c1-13-10(11(15-2)16-3)6-9-5-4-8(12)7-14-9/h4-5,7,10-11,13H,6H2,1-3H3. The SMILES string of the molecule is CNC(Cc1ccc(Br)cn1)C(OC)OC. The summed E-state index contributed by atoms with van der Waals surface area (Å²) < 4.78 is 11.4. The zero-order valence-electron chi connectivity index (χ0n) is 9.74. The molecule has 0 amide bonds. The van der Waals surface area contributed by atoms with E-state index in [-0.39, 0.29) is 12.3 Å². The summed E-state index contributed by atoms with van der Waals surface area (Å²) in [7, 11) is 5.15. The van der Waals surface area contributed by atoms with E-state index >= 15 is 0 Å². The molecule has 0 fully saturated rings. The molecule has 1 aromatic rings. The Hall–Kier alpha value is -0.490. The third-order valence-corrected chi connectivity index (χ3v) is 2.85. The first-order valence-corrected chi connectivity index (χ1v) is 5.83. The van der Waals surface area contributed by atoms with Crippen LogP contribution in [0.3, 0.4) is 0 Å². The lowest BCUT2D eigenvalue weighted by Crippen LogP contribution is -2.41. The Morgan fingerprint density at radius 1 is 1.38 bits per heavy atom. The zero-order chi connectivity index (χ0) is 12.0. The summed E-state index contributed by atoms with van der Waals surface area (Å²) >= 11 is 3.36. The van der Waals surface area contributed by atoms with Crippen LogP contribution in [-0.2, 0) is 15.9 Å². The van der Waals surface area contributed by atoms with Crippen molar-refractivity contribution in [1.82, 2.24) is 10.3 Å². The molecule has 90 valence electrons. The lowest BCUT2D eigenvalue weighted by molar-refractivity contribution is -0.121. The molecule has 5 heteroatoms. The highest BCUT2D eigenvalue weighted by Crippen LogP contribution is 2.11. The van der Waals surface area contributed by atoms with Crippen molar-refractivity contribution in [2.75, 3.05) is 21.3 Å². The van der Waals surface area contributed by atoms with Crippen molar-refractivity contribution in [3.8, 4) is 0 Å². The van der Waals surface area contributed by atoms with Crippen LogP contribution in [0.2, 0.25) is 0 Å². The van der Waals surface area contributed by atoms with Crippen molar-refractivity contribution in [3.63, 3.8) is 0 Å². The van der Waals surface area contributed by atoms with E-state index in [1.807, 2.05) is 19.2 Å². The monoisotopic (exact) mass is 288 g/mol. The minimum atomic E-state index is -0.268. The summed E-state index contributed by atoms with van der Waals surface area (Å²) in [6.07, 6.45) is 2.28. The molecule has 0 radical (unpaired) electrons. The molecular weight excluding hydrogens is 272 g/mol. The van der Waals surface area contributed by atoms with E-state index in [4.69, 9.17) is 9.47 Å². The molecule has 1 unspecified atom stereocenters. The second kappa shape index (κ2) is 6.96. The van der Waals surface area contributed by atoms with Crippen molar-refractivity contribution < 1.29 is 9.47 Å². The second-order valence-electron chi connectivity index (χ2n) is 3.41. The Balaban J connectivity index is 2.65. The predicted octanol–water partition coefficient (Wildman–Crippen LogP) is 1.59. The van der Waals surface area contributed by atoms with Gasteiger partial charge in [-0.15, -0.1) is 0 Å². The number of likely N-dealkylation sites (N-methyl/N-ethyl adjacent to an activating group) is 1. The van der Waals surface area contributed by atoms with Gasteiger partial charge in [-0.1, -0.05) is 0 Å². The molecule has 0 aliphatic heterocycles. The van der Waals surface area contributed by atoms with Crippen LogP contribution < -0.4 is 5.32 Å². The fraction of sp³-hybridized carbons (Fsp3) is 0.545. The topological polar surface area (TPSA) is 43.4 Å². The highest BCUT2D eigenvalue weighted by Gasteiger charge is 2.19. The van der Waals surface area contributed by atoms with Crippen LogP contribution >= 0.6 is 15.9 Å². The predicted molar refractivity (Wildman–Crippen MR) is 66.3 cm³/mol. The number of halogens is 1. The van der Waals surface area contributed by atoms with Gasteiger partial charge in [0.05, 0.1) is 6.04 Å². The Labute approximate surface area is 104 Å². The number of pyridine rings is 1. The Bertz CT molecular complexity index is 301. The Kier molecular flexibility index (Phi) is 5.90. The molecular formula is C11H17BrN2O2. The molecule has 4 nitrogen and oxygen atoms in total. The molecule has 0 saturated heterocycles. The summed E-state index contributed by atoms with van der Waals surface area (Å²) in [5.74, 6) is 0. The van der Waals surface area contributed by atoms with Crippen LogP contribution in [0.25, 0.3) is 0 Å². The first-order chi connectivity index (χ1) is 7.71. The van der Waals surface area contributed by atoms with Crippen LogP contribution in [0, 0.1) is 0 Å². The molecule has 1 rings (SSSR count). The van der Waals surface area contributed by atoms with Crippen molar-refractivity contribution in [3.05, 3.63) is 28.5 Å². The molecule has 0 aliphatic rings. The van der Waals surface area contributed by atoms with E-state index < -0.39 is 0 Å². The summed E-state index contributed by atoms with van der Waals surface area (Å²) in [5.41, 5.74) is 1.00. The molecule has 1 atom stereocenters. The van der Waals surface area contributed by atoms with Gasteiger partial charge in [0.2, 0.25) is 0 Å². The number of aromatic nitrogens is 1. The van der Waals surface area contributed by atoms with Gasteiger partial charge in [0.25, 0.3) is 0 Å². The minimum Gasteiger partial charge on any atom is -0.354 e. The van der Waals surface area contributed by atoms with Gasteiger partial charge in [0.1, 0.15) is 0 Å². The van der Waals surface area contributed by atoms with E-state index in [0.29, 0.717) is 0 Å². The van der Waals surface area contributed by atoms with Crippen LogP contribution in [0.4, 0.5) is 0 Å². The van der Waals surface area contributed by atoms with E-state index in [9.17, 15) is 0 Å². The first kappa shape index (κ1) is 13.6. The maximum atomic E-state index is 5.23. The fourth-order valence-electron chi connectivity index (χ4n) is 1.51. The maximum absolute atomic E-state index is 5.23. The van der Waals surface area contributed by atoms with Gasteiger partial charge >= 0.3 is 0 Å². The fourth-order valence-corrected chi connectivity index (χ4v) is 1.75. The third kappa shape index (κ3) is 3.83. The van der Waals surface area contributed by atoms with Crippen LogP contribution in [-0.4, -0.2) is 38.6 Å². The number of nitrogens with zero attached hydrogens (tertiary/aromatic N) is 1. The summed E-state index contributed by atoms with van der Waals surface area (Å²) in [6.45, 7) is 0. The van der Waals surface area contributed by atoms with Crippen molar-refractivity contribution in [1.29, 1.82) is 0 Å².